The van der Waals surface area contributed by atoms with E-state index in [9.17, 15) is 9.90 Å². The van der Waals surface area contributed by atoms with Gasteiger partial charge in [-0.3, -0.25) is 0 Å². The minimum Gasteiger partial charge on any atom is -0.507 e. The summed E-state index contributed by atoms with van der Waals surface area (Å²) in [5.41, 5.74) is 2.58. The summed E-state index contributed by atoms with van der Waals surface area (Å²) in [7, 11) is 0. The number of aromatic carboxylic acids is 1. The molecule has 3 aromatic rings. The number of aromatic nitrogens is 1. The van der Waals surface area contributed by atoms with Gasteiger partial charge in [0.1, 0.15) is 16.3 Å². The van der Waals surface area contributed by atoms with Gasteiger partial charge in [-0.15, -0.1) is 11.3 Å². The lowest BCUT2D eigenvalue weighted by Gasteiger charge is -1.97. The van der Waals surface area contributed by atoms with Crippen LogP contribution in [0.3, 0.4) is 0 Å². The number of benzene rings is 2. The van der Waals surface area contributed by atoms with Crippen LogP contribution in [0.15, 0.2) is 36.4 Å². The quantitative estimate of drug-likeness (QED) is 0.753. The lowest BCUT2D eigenvalue weighted by Crippen LogP contribution is -1.96. The van der Waals surface area contributed by atoms with Crippen LogP contribution in [0.25, 0.3) is 20.8 Å². The second-order valence-corrected chi connectivity index (χ2v) is 5.56. The van der Waals surface area contributed by atoms with Gasteiger partial charge in [0, 0.05) is 11.6 Å². The van der Waals surface area contributed by atoms with Crippen molar-refractivity contribution in [1.29, 1.82) is 0 Å². The maximum Gasteiger partial charge on any atom is 0.339 e. The van der Waals surface area contributed by atoms with Gasteiger partial charge in [-0.1, -0.05) is 23.8 Å². The number of hydrogen-bond acceptors (Lipinski definition) is 4. The first-order valence-corrected chi connectivity index (χ1v) is 6.80. The number of aryl methyl sites for hydroxylation is 1. The van der Waals surface area contributed by atoms with E-state index in [0.717, 1.165) is 20.8 Å². The Morgan fingerprint density at radius 1 is 1.25 bits per heavy atom. The normalized spacial score (nSPS) is 10.8. The zero-order valence-corrected chi connectivity index (χ0v) is 11.4. The van der Waals surface area contributed by atoms with E-state index < -0.39 is 5.97 Å². The van der Waals surface area contributed by atoms with Crippen LogP contribution in [0.4, 0.5) is 0 Å². The molecule has 0 radical (unpaired) electrons. The maximum atomic E-state index is 11.0. The molecule has 20 heavy (non-hydrogen) atoms. The first kappa shape index (κ1) is 12.6. The number of hydrogen-bond donors (Lipinski definition) is 2. The fraction of sp³-hybridized carbons (Fsp3) is 0.0667. The van der Waals surface area contributed by atoms with E-state index in [2.05, 4.69) is 4.98 Å². The average Bonchev–Trinajstić information content (AvgIpc) is 2.80. The molecule has 1 heterocycles. The Kier molecular flexibility index (Phi) is 2.91. The predicted octanol–water partition coefficient (Wildman–Crippen LogP) is 3.68. The number of aromatic hydroxyl groups is 1. The van der Waals surface area contributed by atoms with E-state index in [1.807, 2.05) is 31.2 Å². The molecule has 2 aromatic carbocycles. The lowest BCUT2D eigenvalue weighted by molar-refractivity contribution is 0.0694. The molecular formula is C15H11NO3S. The van der Waals surface area contributed by atoms with Crippen LogP contribution < -0.4 is 0 Å². The monoisotopic (exact) mass is 285 g/mol. The number of nitrogens with zero attached hydrogens (tertiary/aromatic N) is 1. The van der Waals surface area contributed by atoms with E-state index in [1.165, 1.54) is 23.5 Å². The summed E-state index contributed by atoms with van der Waals surface area (Å²) in [5.74, 6) is -1.39. The highest BCUT2D eigenvalue weighted by Crippen LogP contribution is 2.34. The Labute approximate surface area is 119 Å². The summed E-state index contributed by atoms with van der Waals surface area (Å²) in [6.45, 7) is 2.01. The Morgan fingerprint density at radius 3 is 2.75 bits per heavy atom. The van der Waals surface area contributed by atoms with E-state index in [4.69, 9.17) is 5.11 Å². The van der Waals surface area contributed by atoms with Gasteiger partial charge in [0.05, 0.1) is 10.2 Å². The molecule has 0 aliphatic heterocycles. The van der Waals surface area contributed by atoms with E-state index in [1.54, 1.807) is 0 Å². The molecule has 1 aromatic heterocycles. The Balaban J connectivity index is 2.18. The smallest absolute Gasteiger partial charge is 0.339 e. The molecular weight excluding hydrogens is 274 g/mol. The molecule has 5 heteroatoms. The number of carbonyl (C=O) groups is 1. The molecule has 0 aliphatic rings. The van der Waals surface area contributed by atoms with Crippen molar-refractivity contribution in [1.82, 2.24) is 4.98 Å². The fourth-order valence-corrected chi connectivity index (χ4v) is 3.01. The largest absolute Gasteiger partial charge is 0.507 e. The molecule has 0 atom stereocenters. The molecule has 0 unspecified atom stereocenters. The van der Waals surface area contributed by atoms with Gasteiger partial charge in [-0.2, -0.15) is 0 Å². The molecule has 0 bridgehead atoms. The Bertz CT molecular complexity index is 823. The first-order valence-electron chi connectivity index (χ1n) is 5.98. The van der Waals surface area contributed by atoms with Crippen molar-refractivity contribution >= 4 is 27.5 Å². The van der Waals surface area contributed by atoms with Gasteiger partial charge in [0.2, 0.25) is 0 Å². The average molecular weight is 285 g/mol. The highest BCUT2D eigenvalue weighted by molar-refractivity contribution is 7.21. The minimum absolute atomic E-state index is 0.126. The van der Waals surface area contributed by atoms with Gasteiger partial charge in [0.15, 0.2) is 0 Å². The van der Waals surface area contributed by atoms with Crippen molar-refractivity contribution in [2.45, 2.75) is 6.92 Å². The summed E-state index contributed by atoms with van der Waals surface area (Å²) in [6.07, 6.45) is 0. The van der Waals surface area contributed by atoms with Crippen molar-refractivity contribution in [3.8, 4) is 16.3 Å². The SMILES string of the molecule is Cc1cccc(-c2nc3cc(C(=O)O)c(O)cc3s2)c1. The van der Waals surface area contributed by atoms with Gasteiger partial charge in [-0.25, -0.2) is 9.78 Å². The third kappa shape index (κ3) is 2.12. The van der Waals surface area contributed by atoms with Crippen LogP contribution in [-0.2, 0) is 0 Å². The number of rotatable bonds is 2. The molecule has 0 saturated carbocycles. The molecule has 0 aliphatic carbocycles. The van der Waals surface area contributed by atoms with Crippen LogP contribution >= 0.6 is 11.3 Å². The summed E-state index contributed by atoms with van der Waals surface area (Å²) in [4.78, 5) is 15.5. The van der Waals surface area contributed by atoms with Crippen molar-refractivity contribution in [3.63, 3.8) is 0 Å². The Morgan fingerprint density at radius 2 is 2.05 bits per heavy atom. The van der Waals surface area contributed by atoms with Crippen molar-refractivity contribution < 1.29 is 15.0 Å². The van der Waals surface area contributed by atoms with Gasteiger partial charge in [-0.05, 0) is 19.1 Å². The number of fused-ring (bicyclic) bond motifs is 1. The number of thiazole rings is 1. The molecule has 0 saturated heterocycles. The van der Waals surface area contributed by atoms with Gasteiger partial charge in [0.25, 0.3) is 0 Å². The zero-order chi connectivity index (χ0) is 14.3. The number of phenols is 1. The maximum absolute atomic E-state index is 11.0. The van der Waals surface area contributed by atoms with Crippen LogP contribution in [0.5, 0.6) is 5.75 Å². The first-order chi connectivity index (χ1) is 9.54. The molecule has 2 N–H and O–H groups in total. The third-order valence-electron chi connectivity index (χ3n) is 3.00. The fourth-order valence-electron chi connectivity index (χ4n) is 2.04. The van der Waals surface area contributed by atoms with Gasteiger partial charge < -0.3 is 10.2 Å². The summed E-state index contributed by atoms with van der Waals surface area (Å²) >= 11 is 1.43. The standard InChI is InChI=1S/C15H11NO3S/c1-8-3-2-4-9(5-8)14-16-11-6-10(15(18)19)12(17)7-13(11)20-14/h2-7,17H,1H3,(H,18,19). The highest BCUT2D eigenvalue weighted by atomic mass is 32.1. The van der Waals surface area contributed by atoms with Gasteiger partial charge >= 0.3 is 5.97 Å². The summed E-state index contributed by atoms with van der Waals surface area (Å²) in [5, 5.41) is 19.5. The van der Waals surface area contributed by atoms with Crippen LogP contribution in [0.1, 0.15) is 15.9 Å². The second-order valence-electron chi connectivity index (χ2n) is 4.53. The molecule has 0 amide bonds. The van der Waals surface area contributed by atoms with E-state index >= 15 is 0 Å². The summed E-state index contributed by atoms with van der Waals surface area (Å²) < 4.78 is 0.768. The van der Waals surface area contributed by atoms with Crippen molar-refractivity contribution in [2.24, 2.45) is 0 Å². The molecule has 3 rings (SSSR count). The van der Waals surface area contributed by atoms with Crippen LogP contribution in [0.2, 0.25) is 0 Å². The topological polar surface area (TPSA) is 70.4 Å². The van der Waals surface area contributed by atoms with Crippen LogP contribution in [0, 0.1) is 6.92 Å². The van der Waals surface area contributed by atoms with Crippen LogP contribution in [-0.4, -0.2) is 21.2 Å². The minimum atomic E-state index is -1.16. The molecule has 100 valence electrons. The van der Waals surface area contributed by atoms with E-state index in [-0.39, 0.29) is 11.3 Å². The summed E-state index contributed by atoms with van der Waals surface area (Å²) in [6, 6.07) is 10.8. The van der Waals surface area contributed by atoms with Crippen molar-refractivity contribution in [3.05, 3.63) is 47.5 Å². The predicted molar refractivity (Wildman–Crippen MR) is 78.4 cm³/mol. The highest BCUT2D eigenvalue weighted by Gasteiger charge is 2.14. The molecule has 0 spiro atoms. The second kappa shape index (κ2) is 4.61. The molecule has 4 nitrogen and oxygen atoms in total. The van der Waals surface area contributed by atoms with Crippen molar-refractivity contribution in [2.75, 3.05) is 0 Å². The number of carboxylic acid groups (broad SMARTS) is 1. The lowest BCUT2D eigenvalue weighted by atomic mass is 10.1. The van der Waals surface area contributed by atoms with E-state index in [0.29, 0.717) is 5.52 Å². The number of carboxylic acids is 1. The zero-order valence-electron chi connectivity index (χ0n) is 10.6. The molecule has 0 fully saturated rings. The third-order valence-corrected chi connectivity index (χ3v) is 4.07. The Hall–Kier alpha value is -2.40.